The number of para-hydroxylation sites is 2. The zero-order chi connectivity index (χ0) is 14.1. The maximum Gasteiger partial charge on any atom is 0.261 e. The Morgan fingerprint density at radius 1 is 1.00 bits per heavy atom. The summed E-state index contributed by atoms with van der Waals surface area (Å²) in [4.78, 5) is 27.6. The Morgan fingerprint density at radius 3 is 2.35 bits per heavy atom. The first kappa shape index (κ1) is 12.4. The fourth-order valence-corrected chi connectivity index (χ4v) is 2.39. The predicted molar refractivity (Wildman–Crippen MR) is 77.7 cm³/mol. The van der Waals surface area contributed by atoms with Crippen molar-refractivity contribution in [3.05, 3.63) is 60.2 Å². The lowest BCUT2D eigenvalue weighted by atomic mass is 10.1. The molecule has 0 atom stereocenters. The van der Waals surface area contributed by atoms with Crippen LogP contribution in [0.3, 0.4) is 0 Å². The van der Waals surface area contributed by atoms with Crippen molar-refractivity contribution in [3.8, 4) is 0 Å². The number of nitrogens with zero attached hydrogens (tertiary/aromatic N) is 2. The van der Waals surface area contributed by atoms with Gasteiger partial charge in [0.1, 0.15) is 6.67 Å². The molecule has 0 aliphatic carbocycles. The molecule has 100 valence electrons. The predicted octanol–water partition coefficient (Wildman–Crippen LogP) is 2.66. The third-order valence-corrected chi connectivity index (χ3v) is 3.40. The van der Waals surface area contributed by atoms with Gasteiger partial charge in [0.05, 0.1) is 11.3 Å². The number of fused-ring (bicyclic) bond motifs is 1. The van der Waals surface area contributed by atoms with Gasteiger partial charge in [-0.25, -0.2) is 0 Å². The zero-order valence-corrected chi connectivity index (χ0v) is 11.1. The Morgan fingerprint density at radius 2 is 1.65 bits per heavy atom. The molecule has 3 rings (SSSR count). The molecule has 1 aliphatic heterocycles. The number of benzene rings is 2. The molecule has 0 saturated heterocycles. The Balaban J connectivity index is 2.10. The lowest BCUT2D eigenvalue weighted by molar-refractivity contribution is -0.116. The standard InChI is InChI=1S/C16H14N2O2/c1-12(19)17-11-18(13-7-3-2-4-8-13)16(20)14-9-5-6-10-15(14)17/h2-10H,11H2,1H3. The number of rotatable bonds is 1. The Hall–Kier alpha value is -2.62. The first-order valence-electron chi connectivity index (χ1n) is 6.42. The highest BCUT2D eigenvalue weighted by molar-refractivity contribution is 6.14. The van der Waals surface area contributed by atoms with Gasteiger partial charge in [0.2, 0.25) is 5.91 Å². The molecule has 0 radical (unpaired) electrons. The second-order valence-electron chi connectivity index (χ2n) is 4.67. The molecule has 0 spiro atoms. The normalized spacial score (nSPS) is 14.2. The van der Waals surface area contributed by atoms with Crippen molar-refractivity contribution in [2.75, 3.05) is 16.5 Å². The van der Waals surface area contributed by atoms with Crippen LogP contribution in [0.15, 0.2) is 54.6 Å². The second-order valence-corrected chi connectivity index (χ2v) is 4.67. The largest absolute Gasteiger partial charge is 0.293 e. The van der Waals surface area contributed by atoms with Crippen molar-refractivity contribution in [1.82, 2.24) is 0 Å². The Labute approximate surface area is 117 Å². The van der Waals surface area contributed by atoms with E-state index >= 15 is 0 Å². The monoisotopic (exact) mass is 266 g/mol. The molecule has 0 fully saturated rings. The van der Waals surface area contributed by atoms with E-state index in [9.17, 15) is 9.59 Å². The summed E-state index contributed by atoms with van der Waals surface area (Å²) in [6.07, 6.45) is 0. The third-order valence-electron chi connectivity index (χ3n) is 3.40. The molecule has 2 aromatic rings. The molecule has 4 nitrogen and oxygen atoms in total. The van der Waals surface area contributed by atoms with Crippen molar-refractivity contribution in [2.45, 2.75) is 6.92 Å². The molecule has 2 aromatic carbocycles. The van der Waals surface area contributed by atoms with Crippen molar-refractivity contribution in [3.63, 3.8) is 0 Å². The quantitative estimate of drug-likeness (QED) is 0.796. The summed E-state index contributed by atoms with van der Waals surface area (Å²) in [7, 11) is 0. The minimum Gasteiger partial charge on any atom is -0.293 e. The minimum atomic E-state index is -0.0794. The molecule has 1 heterocycles. The van der Waals surface area contributed by atoms with Gasteiger partial charge in [0.15, 0.2) is 0 Å². The number of hydrogen-bond donors (Lipinski definition) is 0. The van der Waals surface area contributed by atoms with Crippen molar-refractivity contribution >= 4 is 23.2 Å². The Bertz CT molecular complexity index is 667. The maximum absolute atomic E-state index is 12.6. The van der Waals surface area contributed by atoms with Crippen LogP contribution in [0.5, 0.6) is 0 Å². The van der Waals surface area contributed by atoms with Crippen LogP contribution in [0, 0.1) is 0 Å². The van der Waals surface area contributed by atoms with E-state index in [1.54, 1.807) is 21.9 Å². The van der Waals surface area contributed by atoms with Crippen molar-refractivity contribution in [2.24, 2.45) is 0 Å². The van der Waals surface area contributed by atoms with E-state index in [1.165, 1.54) is 6.92 Å². The van der Waals surface area contributed by atoms with Crippen LogP contribution in [0.1, 0.15) is 17.3 Å². The molecule has 4 heteroatoms. The number of carbonyl (C=O) groups excluding carboxylic acids is 2. The van der Waals surface area contributed by atoms with Gasteiger partial charge in [-0.05, 0) is 24.3 Å². The van der Waals surface area contributed by atoms with Crippen LogP contribution in [-0.2, 0) is 4.79 Å². The maximum atomic E-state index is 12.6. The van der Waals surface area contributed by atoms with Gasteiger partial charge in [0.25, 0.3) is 5.91 Å². The van der Waals surface area contributed by atoms with E-state index in [-0.39, 0.29) is 18.5 Å². The van der Waals surface area contributed by atoms with Crippen molar-refractivity contribution < 1.29 is 9.59 Å². The average molecular weight is 266 g/mol. The van der Waals surface area contributed by atoms with E-state index in [0.717, 1.165) is 5.69 Å². The van der Waals surface area contributed by atoms with Crippen LogP contribution in [-0.4, -0.2) is 18.5 Å². The van der Waals surface area contributed by atoms with Gasteiger partial charge >= 0.3 is 0 Å². The molecular weight excluding hydrogens is 252 g/mol. The summed E-state index contributed by atoms with van der Waals surface area (Å²) in [6, 6.07) is 16.6. The molecular formula is C16H14N2O2. The lowest BCUT2D eigenvalue weighted by Gasteiger charge is -2.36. The fourth-order valence-electron chi connectivity index (χ4n) is 2.39. The summed E-state index contributed by atoms with van der Waals surface area (Å²) >= 11 is 0. The summed E-state index contributed by atoms with van der Waals surface area (Å²) in [5.74, 6) is -0.157. The molecule has 2 amide bonds. The summed E-state index contributed by atoms with van der Waals surface area (Å²) in [5.41, 5.74) is 2.02. The summed E-state index contributed by atoms with van der Waals surface area (Å²) in [6.45, 7) is 1.75. The van der Waals surface area contributed by atoms with E-state index < -0.39 is 0 Å². The molecule has 20 heavy (non-hydrogen) atoms. The number of anilines is 2. The van der Waals surface area contributed by atoms with Crippen molar-refractivity contribution in [1.29, 1.82) is 0 Å². The topological polar surface area (TPSA) is 40.6 Å². The van der Waals surface area contributed by atoms with E-state index in [1.807, 2.05) is 42.5 Å². The highest BCUT2D eigenvalue weighted by atomic mass is 16.2. The minimum absolute atomic E-state index is 0.0779. The van der Waals surface area contributed by atoms with Crippen LogP contribution < -0.4 is 9.80 Å². The van der Waals surface area contributed by atoms with Gasteiger partial charge in [-0.15, -0.1) is 0 Å². The number of hydrogen-bond acceptors (Lipinski definition) is 2. The van der Waals surface area contributed by atoms with Crippen LogP contribution in [0.4, 0.5) is 11.4 Å². The van der Waals surface area contributed by atoms with Crippen LogP contribution in [0.2, 0.25) is 0 Å². The molecule has 0 aromatic heterocycles. The molecule has 1 aliphatic rings. The zero-order valence-electron chi connectivity index (χ0n) is 11.1. The summed E-state index contributed by atoms with van der Waals surface area (Å²) in [5, 5.41) is 0. The van der Waals surface area contributed by atoms with Gasteiger partial charge in [0, 0.05) is 12.6 Å². The first-order valence-corrected chi connectivity index (χ1v) is 6.42. The molecule has 0 N–H and O–H groups in total. The van der Waals surface area contributed by atoms with Gasteiger partial charge < -0.3 is 0 Å². The highest BCUT2D eigenvalue weighted by Gasteiger charge is 2.31. The lowest BCUT2D eigenvalue weighted by Crippen LogP contribution is -2.48. The highest BCUT2D eigenvalue weighted by Crippen LogP contribution is 2.30. The summed E-state index contributed by atoms with van der Waals surface area (Å²) < 4.78 is 0. The molecule has 0 unspecified atom stereocenters. The van der Waals surface area contributed by atoms with Crippen LogP contribution >= 0.6 is 0 Å². The average Bonchev–Trinajstić information content (AvgIpc) is 2.48. The molecule has 0 saturated carbocycles. The SMILES string of the molecule is CC(=O)N1CN(c2ccccc2)C(=O)c2ccccc21. The van der Waals surface area contributed by atoms with Gasteiger partial charge in [-0.1, -0.05) is 30.3 Å². The van der Waals surface area contributed by atoms with E-state index in [4.69, 9.17) is 0 Å². The number of amides is 2. The van der Waals surface area contributed by atoms with Gasteiger partial charge in [-0.3, -0.25) is 19.4 Å². The van der Waals surface area contributed by atoms with Crippen LogP contribution in [0.25, 0.3) is 0 Å². The van der Waals surface area contributed by atoms with Gasteiger partial charge in [-0.2, -0.15) is 0 Å². The smallest absolute Gasteiger partial charge is 0.261 e. The molecule has 0 bridgehead atoms. The van der Waals surface area contributed by atoms with E-state index in [0.29, 0.717) is 11.3 Å². The third kappa shape index (κ3) is 1.95. The second kappa shape index (κ2) is 4.81. The number of carbonyl (C=O) groups is 2. The van der Waals surface area contributed by atoms with E-state index in [2.05, 4.69) is 0 Å². The Kier molecular flexibility index (Phi) is 2.99. The fraction of sp³-hybridized carbons (Fsp3) is 0.125. The first-order chi connectivity index (χ1) is 9.68.